The Labute approximate surface area is 130 Å². The maximum absolute atomic E-state index is 10.3. The second-order valence-corrected chi connectivity index (χ2v) is 6.33. The lowest BCUT2D eigenvalue weighted by atomic mass is 9.79. The number of aliphatic hydroxyl groups is 1. The van der Waals surface area contributed by atoms with Gasteiger partial charge in [0, 0.05) is 11.8 Å². The molecule has 0 bridgehead atoms. The van der Waals surface area contributed by atoms with Gasteiger partial charge in [-0.05, 0) is 12.0 Å². The van der Waals surface area contributed by atoms with Crippen LogP contribution in [0, 0.1) is 11.8 Å². The first-order chi connectivity index (χ1) is 10.1. The fourth-order valence-corrected chi connectivity index (χ4v) is 2.37. The minimum atomic E-state index is -0.611. The molecule has 1 aromatic carbocycles. The minimum absolute atomic E-state index is 0.324. The van der Waals surface area contributed by atoms with Gasteiger partial charge in [-0.2, -0.15) is 0 Å². The van der Waals surface area contributed by atoms with Crippen LogP contribution in [-0.2, 0) is 5.41 Å². The van der Waals surface area contributed by atoms with Crippen molar-refractivity contribution < 1.29 is 5.11 Å². The Hall–Kier alpha value is -1.26. The lowest BCUT2D eigenvalue weighted by molar-refractivity contribution is 0.153. The van der Waals surface area contributed by atoms with Gasteiger partial charge >= 0.3 is 0 Å². The fraction of sp³-hybridized carbons (Fsp3) is 0.600. The topological polar surface area (TPSA) is 20.2 Å². The van der Waals surface area contributed by atoms with Crippen LogP contribution in [0.15, 0.2) is 30.3 Å². The second-order valence-electron chi connectivity index (χ2n) is 6.33. The van der Waals surface area contributed by atoms with E-state index in [4.69, 9.17) is 0 Å². The molecule has 1 atom stereocenters. The highest BCUT2D eigenvalue weighted by molar-refractivity contribution is 5.28. The fourth-order valence-electron chi connectivity index (χ4n) is 2.37. The van der Waals surface area contributed by atoms with Gasteiger partial charge < -0.3 is 5.11 Å². The summed E-state index contributed by atoms with van der Waals surface area (Å²) in [7, 11) is 0. The Bertz CT molecular complexity index is 436. The molecule has 0 spiro atoms. The summed E-state index contributed by atoms with van der Waals surface area (Å²) in [4.78, 5) is 0. The summed E-state index contributed by atoms with van der Waals surface area (Å²) in [5, 5.41) is 10.3. The van der Waals surface area contributed by atoms with Gasteiger partial charge in [0.2, 0.25) is 0 Å². The zero-order valence-electron chi connectivity index (χ0n) is 13.9. The van der Waals surface area contributed by atoms with E-state index in [1.54, 1.807) is 0 Å². The number of rotatable bonds is 8. The van der Waals surface area contributed by atoms with E-state index in [1.807, 2.05) is 32.0 Å². The molecule has 0 aromatic heterocycles. The molecule has 1 heteroatoms. The average Bonchev–Trinajstić information content (AvgIpc) is 2.50. The first kappa shape index (κ1) is 17.8. The third-order valence-corrected chi connectivity index (χ3v) is 4.10. The van der Waals surface area contributed by atoms with Gasteiger partial charge in [-0.1, -0.05) is 89.1 Å². The Kier molecular flexibility index (Phi) is 8.16. The first-order valence-corrected chi connectivity index (χ1v) is 8.31. The van der Waals surface area contributed by atoms with Crippen molar-refractivity contribution in [3.8, 4) is 11.8 Å². The summed E-state index contributed by atoms with van der Waals surface area (Å²) in [5.74, 6) is 6.18. The van der Waals surface area contributed by atoms with Crippen molar-refractivity contribution in [3.63, 3.8) is 0 Å². The molecule has 0 heterocycles. The maximum atomic E-state index is 10.3. The Balaban J connectivity index is 2.36. The quantitative estimate of drug-likeness (QED) is 0.522. The van der Waals surface area contributed by atoms with Crippen LogP contribution < -0.4 is 0 Å². The van der Waals surface area contributed by atoms with Crippen molar-refractivity contribution in [2.45, 2.75) is 77.2 Å². The first-order valence-electron chi connectivity index (χ1n) is 8.31. The van der Waals surface area contributed by atoms with Gasteiger partial charge in [-0.15, -0.1) is 5.92 Å². The minimum Gasteiger partial charge on any atom is -0.379 e. The summed E-state index contributed by atoms with van der Waals surface area (Å²) < 4.78 is 0. The van der Waals surface area contributed by atoms with Crippen LogP contribution in [0.25, 0.3) is 0 Å². The molecule has 0 radical (unpaired) electrons. The van der Waals surface area contributed by atoms with Crippen LogP contribution >= 0.6 is 0 Å². The van der Waals surface area contributed by atoms with E-state index < -0.39 is 6.10 Å². The molecule has 0 aliphatic rings. The Morgan fingerprint density at radius 1 is 1.00 bits per heavy atom. The number of hydrogen-bond acceptors (Lipinski definition) is 1. The zero-order valence-corrected chi connectivity index (χ0v) is 13.9. The molecule has 116 valence electrons. The predicted molar refractivity (Wildman–Crippen MR) is 91.2 cm³/mol. The third kappa shape index (κ3) is 6.36. The molecule has 1 rings (SSSR count). The molecule has 21 heavy (non-hydrogen) atoms. The molecular weight excluding hydrogens is 256 g/mol. The summed E-state index contributed by atoms with van der Waals surface area (Å²) >= 11 is 0. The molecule has 1 unspecified atom stereocenters. The van der Waals surface area contributed by atoms with Gasteiger partial charge in [0.25, 0.3) is 0 Å². The molecule has 0 amide bonds. The normalized spacial score (nSPS) is 12.6. The molecule has 0 aliphatic carbocycles. The van der Waals surface area contributed by atoms with Crippen LogP contribution in [0.4, 0.5) is 0 Å². The van der Waals surface area contributed by atoms with Crippen LogP contribution in [0.2, 0.25) is 0 Å². The van der Waals surface area contributed by atoms with Gasteiger partial charge in [-0.3, -0.25) is 0 Å². The van der Waals surface area contributed by atoms with Crippen LogP contribution in [-0.4, -0.2) is 11.2 Å². The third-order valence-electron chi connectivity index (χ3n) is 4.10. The molecule has 1 nitrogen and oxygen atoms in total. The summed E-state index contributed by atoms with van der Waals surface area (Å²) in [6.07, 6.45) is 7.98. The lowest BCUT2D eigenvalue weighted by Gasteiger charge is -2.27. The second kappa shape index (κ2) is 9.64. The summed E-state index contributed by atoms with van der Waals surface area (Å²) in [6, 6.07) is 10.1. The Morgan fingerprint density at radius 3 is 2.29 bits per heavy atom. The van der Waals surface area contributed by atoms with Gasteiger partial charge in [0.15, 0.2) is 0 Å². The zero-order chi connectivity index (χ0) is 15.6. The van der Waals surface area contributed by atoms with E-state index >= 15 is 0 Å². The number of benzene rings is 1. The monoisotopic (exact) mass is 286 g/mol. The van der Waals surface area contributed by atoms with Gasteiger partial charge in [0.05, 0.1) is 0 Å². The molecular formula is C20H30O. The van der Waals surface area contributed by atoms with Crippen molar-refractivity contribution in [3.05, 3.63) is 35.9 Å². The maximum Gasteiger partial charge on any atom is 0.123 e. The highest BCUT2D eigenvalue weighted by Gasteiger charge is 2.28. The van der Waals surface area contributed by atoms with Crippen LogP contribution in [0.5, 0.6) is 0 Å². The van der Waals surface area contributed by atoms with Crippen molar-refractivity contribution in [1.82, 2.24) is 0 Å². The van der Waals surface area contributed by atoms with Crippen LogP contribution in [0.3, 0.4) is 0 Å². The summed E-state index contributed by atoms with van der Waals surface area (Å²) in [5.41, 5.74) is 0.807. The smallest absolute Gasteiger partial charge is 0.123 e. The van der Waals surface area contributed by atoms with E-state index in [9.17, 15) is 5.11 Å². The molecule has 0 saturated carbocycles. The number of unbranched alkanes of at least 4 members (excludes halogenated alkanes) is 6. The Morgan fingerprint density at radius 2 is 1.62 bits per heavy atom. The van der Waals surface area contributed by atoms with E-state index in [0.29, 0.717) is 0 Å². The number of aliphatic hydroxyl groups excluding tert-OH is 1. The molecule has 1 N–H and O–H groups in total. The van der Waals surface area contributed by atoms with E-state index in [2.05, 4.69) is 30.9 Å². The standard InChI is InChI=1S/C20H30O/c1-4-5-6-7-8-9-10-14-17-19(21)20(2,3)18-15-12-11-13-16-18/h11-13,15-16,19,21H,4-10H2,1-3H3. The largest absolute Gasteiger partial charge is 0.379 e. The summed E-state index contributed by atoms with van der Waals surface area (Å²) in [6.45, 7) is 6.33. The predicted octanol–water partition coefficient (Wildman–Crippen LogP) is 5.08. The van der Waals surface area contributed by atoms with Gasteiger partial charge in [0.1, 0.15) is 6.10 Å². The van der Waals surface area contributed by atoms with Crippen molar-refractivity contribution in [2.24, 2.45) is 0 Å². The number of hydrogen-bond donors (Lipinski definition) is 1. The highest BCUT2D eigenvalue weighted by atomic mass is 16.3. The van der Waals surface area contributed by atoms with Gasteiger partial charge in [-0.25, -0.2) is 0 Å². The SMILES string of the molecule is CCCCCCCCC#CC(O)C(C)(C)c1ccccc1. The molecule has 0 aliphatic heterocycles. The average molecular weight is 286 g/mol. The lowest BCUT2D eigenvalue weighted by Crippen LogP contribution is -2.32. The van der Waals surface area contributed by atoms with Crippen molar-refractivity contribution >= 4 is 0 Å². The highest BCUT2D eigenvalue weighted by Crippen LogP contribution is 2.26. The molecule has 0 saturated heterocycles. The van der Waals surface area contributed by atoms with E-state index in [1.165, 1.54) is 32.1 Å². The van der Waals surface area contributed by atoms with E-state index in [0.717, 1.165) is 18.4 Å². The molecule has 1 aromatic rings. The van der Waals surface area contributed by atoms with Crippen LogP contribution in [0.1, 0.15) is 71.3 Å². The van der Waals surface area contributed by atoms with Crippen molar-refractivity contribution in [1.29, 1.82) is 0 Å². The van der Waals surface area contributed by atoms with E-state index in [-0.39, 0.29) is 5.41 Å². The van der Waals surface area contributed by atoms with Crippen molar-refractivity contribution in [2.75, 3.05) is 0 Å². The molecule has 0 fully saturated rings.